The number of likely N-dealkylation sites (tertiary alicyclic amines) is 1. The molecule has 2 aromatic carbocycles. The minimum absolute atomic E-state index is 0.0325. The number of benzene rings is 2. The van der Waals surface area contributed by atoms with Gasteiger partial charge in [-0.15, -0.1) is 0 Å². The molecule has 1 fully saturated rings. The molecule has 6 heteroatoms. The third-order valence-electron chi connectivity index (χ3n) is 6.46. The summed E-state index contributed by atoms with van der Waals surface area (Å²) in [6, 6.07) is 16.7. The third-order valence-corrected chi connectivity index (χ3v) is 6.46. The van der Waals surface area contributed by atoms with Crippen LogP contribution in [0.15, 0.2) is 59.4 Å². The fourth-order valence-corrected chi connectivity index (χ4v) is 4.84. The van der Waals surface area contributed by atoms with Crippen molar-refractivity contribution in [1.82, 2.24) is 9.47 Å². The fourth-order valence-electron chi connectivity index (χ4n) is 4.84. The molecule has 3 heterocycles. The van der Waals surface area contributed by atoms with Gasteiger partial charge in [0, 0.05) is 18.4 Å². The maximum Gasteiger partial charge on any atom is 0.260 e. The van der Waals surface area contributed by atoms with Crippen molar-refractivity contribution in [2.24, 2.45) is 0 Å². The smallest absolute Gasteiger partial charge is 0.260 e. The Hall–Kier alpha value is -3.12. The molecule has 0 spiro atoms. The van der Waals surface area contributed by atoms with Crippen molar-refractivity contribution in [2.45, 2.75) is 51.0 Å². The van der Waals surface area contributed by atoms with E-state index in [9.17, 15) is 14.7 Å². The maximum atomic E-state index is 13.9. The van der Waals surface area contributed by atoms with Crippen LogP contribution in [0.2, 0.25) is 0 Å². The molecule has 6 nitrogen and oxygen atoms in total. The van der Waals surface area contributed by atoms with Crippen molar-refractivity contribution in [3.05, 3.63) is 76.1 Å². The van der Waals surface area contributed by atoms with Crippen LogP contribution in [0.5, 0.6) is 5.75 Å². The number of nitrogens with zero attached hydrogens (tertiary/aromatic N) is 2. The Labute approximate surface area is 180 Å². The molecule has 1 saturated heterocycles. The number of aromatic nitrogens is 1. The van der Waals surface area contributed by atoms with Crippen LogP contribution in [0.4, 0.5) is 0 Å². The van der Waals surface area contributed by atoms with Crippen LogP contribution in [0, 0.1) is 0 Å². The van der Waals surface area contributed by atoms with Gasteiger partial charge >= 0.3 is 0 Å². The minimum Gasteiger partial charge on any atom is -0.484 e. The molecule has 0 aliphatic carbocycles. The van der Waals surface area contributed by atoms with Crippen LogP contribution in [0.25, 0.3) is 10.9 Å². The summed E-state index contributed by atoms with van der Waals surface area (Å²) >= 11 is 0. The Morgan fingerprint density at radius 1 is 1.06 bits per heavy atom. The SMILES string of the molecule is CC1(C)Oc2c(c(=O)n(Cc3ccccc3)c3ccccc23)C(N2CCCC2=O)C1O. The van der Waals surface area contributed by atoms with Crippen LogP contribution in [-0.4, -0.2) is 38.7 Å². The van der Waals surface area contributed by atoms with Crippen molar-refractivity contribution < 1.29 is 14.6 Å². The van der Waals surface area contributed by atoms with Gasteiger partial charge in [-0.05, 0) is 38.0 Å². The molecule has 2 aliphatic heterocycles. The van der Waals surface area contributed by atoms with Gasteiger partial charge in [0.1, 0.15) is 17.5 Å². The number of aliphatic hydroxyl groups is 1. The third kappa shape index (κ3) is 3.13. The minimum atomic E-state index is -1.01. The van der Waals surface area contributed by atoms with Crippen LogP contribution >= 0.6 is 0 Å². The summed E-state index contributed by atoms with van der Waals surface area (Å²) in [7, 11) is 0. The zero-order chi connectivity index (χ0) is 21.8. The van der Waals surface area contributed by atoms with Crippen LogP contribution < -0.4 is 10.3 Å². The Bertz CT molecular complexity index is 1220. The summed E-state index contributed by atoms with van der Waals surface area (Å²) in [6.45, 7) is 4.53. The molecule has 1 aromatic heterocycles. The second-order valence-electron chi connectivity index (χ2n) is 8.92. The van der Waals surface area contributed by atoms with E-state index in [1.54, 1.807) is 23.3 Å². The van der Waals surface area contributed by atoms with Gasteiger partial charge in [0.05, 0.1) is 23.7 Å². The summed E-state index contributed by atoms with van der Waals surface area (Å²) in [6.07, 6.45) is 0.150. The van der Waals surface area contributed by atoms with E-state index in [4.69, 9.17) is 4.74 Å². The van der Waals surface area contributed by atoms with Crippen molar-refractivity contribution >= 4 is 16.8 Å². The Morgan fingerprint density at radius 2 is 1.77 bits per heavy atom. The molecule has 1 N–H and O–H groups in total. The van der Waals surface area contributed by atoms with Gasteiger partial charge in [0.25, 0.3) is 5.56 Å². The zero-order valence-electron chi connectivity index (χ0n) is 17.7. The second kappa shape index (κ2) is 7.24. The van der Waals surface area contributed by atoms with E-state index in [2.05, 4.69) is 0 Å². The van der Waals surface area contributed by atoms with E-state index in [1.165, 1.54) is 0 Å². The largest absolute Gasteiger partial charge is 0.484 e. The van der Waals surface area contributed by atoms with E-state index in [0.717, 1.165) is 22.9 Å². The molecule has 0 saturated carbocycles. The van der Waals surface area contributed by atoms with Gasteiger partial charge in [0.2, 0.25) is 5.91 Å². The monoisotopic (exact) mass is 418 g/mol. The van der Waals surface area contributed by atoms with Gasteiger partial charge in [0.15, 0.2) is 0 Å². The lowest BCUT2D eigenvalue weighted by Crippen LogP contribution is -2.56. The van der Waals surface area contributed by atoms with E-state index in [1.807, 2.05) is 54.6 Å². The normalized spacial score (nSPS) is 22.4. The summed E-state index contributed by atoms with van der Waals surface area (Å²) in [4.78, 5) is 28.2. The summed E-state index contributed by atoms with van der Waals surface area (Å²) in [5.74, 6) is 0.444. The quantitative estimate of drug-likeness (QED) is 0.709. The van der Waals surface area contributed by atoms with Crippen molar-refractivity contribution in [2.75, 3.05) is 6.54 Å². The van der Waals surface area contributed by atoms with E-state index < -0.39 is 17.7 Å². The van der Waals surface area contributed by atoms with E-state index >= 15 is 0 Å². The lowest BCUT2D eigenvalue weighted by Gasteiger charge is -2.45. The van der Waals surface area contributed by atoms with Gasteiger partial charge in [-0.1, -0.05) is 42.5 Å². The lowest BCUT2D eigenvalue weighted by molar-refractivity contribution is -0.139. The van der Waals surface area contributed by atoms with Gasteiger partial charge in [-0.2, -0.15) is 0 Å². The Kier molecular flexibility index (Phi) is 4.63. The molecule has 3 aromatic rings. The van der Waals surface area contributed by atoms with Crippen molar-refractivity contribution in [3.8, 4) is 5.75 Å². The van der Waals surface area contributed by atoms with Gasteiger partial charge in [-0.25, -0.2) is 0 Å². The molecule has 0 bridgehead atoms. The Morgan fingerprint density at radius 3 is 2.48 bits per heavy atom. The molecular weight excluding hydrogens is 392 g/mol. The number of amides is 1. The first kappa shape index (κ1) is 19.8. The van der Waals surface area contributed by atoms with Crippen molar-refractivity contribution in [1.29, 1.82) is 0 Å². The number of hydrogen-bond acceptors (Lipinski definition) is 4. The highest BCUT2D eigenvalue weighted by Crippen LogP contribution is 2.45. The summed E-state index contributed by atoms with van der Waals surface area (Å²) in [5, 5.41) is 12.0. The molecule has 2 unspecified atom stereocenters. The second-order valence-corrected chi connectivity index (χ2v) is 8.92. The maximum absolute atomic E-state index is 13.9. The molecule has 1 amide bonds. The topological polar surface area (TPSA) is 71.8 Å². The van der Waals surface area contributed by atoms with E-state index in [0.29, 0.717) is 30.8 Å². The zero-order valence-corrected chi connectivity index (χ0v) is 17.7. The number of carbonyl (C=O) groups excluding carboxylic acids is 1. The highest BCUT2D eigenvalue weighted by molar-refractivity contribution is 5.88. The first-order valence-electron chi connectivity index (χ1n) is 10.7. The van der Waals surface area contributed by atoms with Gasteiger partial charge in [-0.3, -0.25) is 9.59 Å². The lowest BCUT2D eigenvalue weighted by atomic mass is 9.85. The predicted molar refractivity (Wildman–Crippen MR) is 118 cm³/mol. The van der Waals surface area contributed by atoms with Crippen LogP contribution in [0.3, 0.4) is 0 Å². The number of hydrogen-bond donors (Lipinski definition) is 1. The number of fused-ring (bicyclic) bond motifs is 3. The molecule has 160 valence electrons. The number of carbonyl (C=O) groups is 1. The number of ether oxygens (including phenoxy) is 1. The molecule has 31 heavy (non-hydrogen) atoms. The Balaban J connectivity index is 1.80. The number of pyridine rings is 1. The van der Waals surface area contributed by atoms with Crippen LogP contribution in [-0.2, 0) is 11.3 Å². The first-order valence-corrected chi connectivity index (χ1v) is 10.7. The number of aliphatic hydroxyl groups excluding tert-OH is 1. The molecule has 2 aliphatic rings. The van der Waals surface area contributed by atoms with E-state index in [-0.39, 0.29) is 11.5 Å². The van der Waals surface area contributed by atoms with Gasteiger partial charge < -0.3 is 19.3 Å². The standard InChI is InChI=1S/C25H26N2O4/c1-25(2)23(29)21(26-14-8-13-19(26)28)20-22(31-25)17-11-6-7-12-18(17)27(24(20)30)15-16-9-4-3-5-10-16/h3-7,9-12,21,23,29H,8,13-15H2,1-2H3. The molecular formula is C25H26N2O4. The highest BCUT2D eigenvalue weighted by atomic mass is 16.5. The summed E-state index contributed by atoms with van der Waals surface area (Å²) in [5.41, 5.74) is 0.977. The number of para-hydroxylation sites is 1. The predicted octanol–water partition coefficient (Wildman–Crippen LogP) is 3.25. The molecule has 0 radical (unpaired) electrons. The summed E-state index contributed by atoms with van der Waals surface area (Å²) < 4.78 is 7.98. The van der Waals surface area contributed by atoms with Crippen molar-refractivity contribution in [3.63, 3.8) is 0 Å². The number of rotatable bonds is 3. The average Bonchev–Trinajstić information content (AvgIpc) is 3.18. The van der Waals surface area contributed by atoms with Crippen LogP contribution in [0.1, 0.15) is 43.9 Å². The highest BCUT2D eigenvalue weighted by Gasteiger charge is 2.49. The first-order chi connectivity index (χ1) is 14.9. The molecule has 5 rings (SSSR count). The average molecular weight is 418 g/mol. The molecule has 2 atom stereocenters. The fraction of sp³-hybridized carbons (Fsp3) is 0.360.